The molecule has 1 aromatic carbocycles. The van der Waals surface area contributed by atoms with Gasteiger partial charge < -0.3 is 14.5 Å². The summed E-state index contributed by atoms with van der Waals surface area (Å²) in [6.07, 6.45) is 1.68. The van der Waals surface area contributed by atoms with Gasteiger partial charge in [0.2, 0.25) is 5.91 Å². The summed E-state index contributed by atoms with van der Waals surface area (Å²) in [5.41, 5.74) is 1.12. The second kappa shape index (κ2) is 10.7. The van der Waals surface area contributed by atoms with E-state index in [9.17, 15) is 14.4 Å². The van der Waals surface area contributed by atoms with E-state index in [0.29, 0.717) is 25.1 Å². The normalized spacial score (nSPS) is 12.9. The second-order valence-electron chi connectivity index (χ2n) is 6.39. The summed E-state index contributed by atoms with van der Waals surface area (Å²) in [7, 11) is 0. The van der Waals surface area contributed by atoms with Crippen LogP contribution in [0.1, 0.15) is 41.6 Å². The van der Waals surface area contributed by atoms with Gasteiger partial charge in [0.1, 0.15) is 0 Å². The third kappa shape index (κ3) is 6.10. The lowest BCUT2D eigenvalue weighted by molar-refractivity contribution is -0.134. The molecular weight excluding hydrogens is 360 g/mol. The zero-order valence-electron chi connectivity index (χ0n) is 15.6. The van der Waals surface area contributed by atoms with Gasteiger partial charge in [-0.25, -0.2) is 4.79 Å². The molecule has 0 aliphatic carbocycles. The van der Waals surface area contributed by atoms with Crippen molar-refractivity contribution < 1.29 is 19.1 Å². The molecule has 2 amide bonds. The molecule has 2 rings (SSSR count). The molecule has 1 heterocycles. The molecule has 0 saturated carbocycles. The molecule has 28 heavy (non-hydrogen) atoms. The van der Waals surface area contributed by atoms with Crippen molar-refractivity contribution in [1.82, 2.24) is 9.80 Å². The highest BCUT2D eigenvalue weighted by molar-refractivity contribution is 5.91. The van der Waals surface area contributed by atoms with Gasteiger partial charge in [0.05, 0.1) is 30.5 Å². The van der Waals surface area contributed by atoms with Gasteiger partial charge in [-0.3, -0.25) is 9.59 Å². The number of nitrogens with zero attached hydrogens (tertiary/aromatic N) is 4. The van der Waals surface area contributed by atoms with Crippen LogP contribution in [0.25, 0.3) is 0 Å². The first-order valence-corrected chi connectivity index (χ1v) is 9.10. The highest BCUT2D eigenvalue weighted by Gasteiger charge is 2.21. The van der Waals surface area contributed by atoms with Gasteiger partial charge in [-0.15, -0.1) is 0 Å². The number of ether oxygens (including phenoxy) is 1. The first-order valence-electron chi connectivity index (χ1n) is 9.10. The first-order chi connectivity index (χ1) is 13.5. The van der Waals surface area contributed by atoms with Crippen LogP contribution >= 0.6 is 0 Å². The molecule has 1 aliphatic heterocycles. The van der Waals surface area contributed by atoms with E-state index in [1.54, 1.807) is 23.1 Å². The fourth-order valence-electron chi connectivity index (χ4n) is 2.92. The van der Waals surface area contributed by atoms with Gasteiger partial charge in [0.25, 0.3) is 5.91 Å². The number of amides is 2. The molecule has 0 atom stereocenters. The van der Waals surface area contributed by atoms with E-state index in [1.807, 2.05) is 18.2 Å². The van der Waals surface area contributed by atoms with E-state index in [-0.39, 0.29) is 31.8 Å². The number of hydrogen-bond acceptors (Lipinski definition) is 6. The van der Waals surface area contributed by atoms with Crippen LogP contribution < -0.4 is 0 Å². The van der Waals surface area contributed by atoms with E-state index >= 15 is 0 Å². The third-order valence-corrected chi connectivity index (χ3v) is 4.37. The molecule has 146 valence electrons. The van der Waals surface area contributed by atoms with Crippen LogP contribution in [-0.2, 0) is 20.9 Å². The molecule has 0 unspecified atom stereocenters. The predicted octanol–water partition coefficient (Wildman–Crippen LogP) is 1.62. The topological polar surface area (TPSA) is 114 Å². The molecule has 8 nitrogen and oxygen atoms in total. The zero-order valence-corrected chi connectivity index (χ0v) is 15.6. The van der Waals surface area contributed by atoms with Gasteiger partial charge in [-0.05, 0) is 24.1 Å². The summed E-state index contributed by atoms with van der Waals surface area (Å²) in [6.45, 7) is 1.07. The van der Waals surface area contributed by atoms with E-state index in [4.69, 9.17) is 15.3 Å². The molecule has 0 aromatic heterocycles. The molecular formula is C20H22N4O4. The number of carbonyl (C=O) groups is 3. The van der Waals surface area contributed by atoms with E-state index < -0.39 is 18.5 Å². The Hall–Kier alpha value is -3.39. The van der Waals surface area contributed by atoms with Crippen LogP contribution in [0, 0.1) is 22.7 Å². The minimum Gasteiger partial charge on any atom is -0.452 e. The summed E-state index contributed by atoms with van der Waals surface area (Å²) >= 11 is 0. The summed E-state index contributed by atoms with van der Waals surface area (Å²) in [4.78, 5) is 39.3. The Balaban J connectivity index is 1.92. The molecule has 1 aromatic rings. The maximum Gasteiger partial charge on any atom is 0.338 e. The molecule has 0 spiro atoms. The van der Waals surface area contributed by atoms with Crippen LogP contribution in [0.5, 0.6) is 0 Å². The minimum atomic E-state index is -0.636. The van der Waals surface area contributed by atoms with Crippen molar-refractivity contribution >= 4 is 17.8 Å². The highest BCUT2D eigenvalue weighted by Crippen LogP contribution is 2.15. The van der Waals surface area contributed by atoms with Crippen LogP contribution in [0.3, 0.4) is 0 Å². The third-order valence-electron chi connectivity index (χ3n) is 4.37. The van der Waals surface area contributed by atoms with Crippen LogP contribution in [-0.4, -0.2) is 53.8 Å². The molecule has 8 heteroatoms. The number of rotatable bonds is 9. The van der Waals surface area contributed by atoms with E-state index in [1.165, 1.54) is 4.90 Å². The highest BCUT2D eigenvalue weighted by atomic mass is 16.5. The maximum absolute atomic E-state index is 12.3. The number of hydrogen-bond donors (Lipinski definition) is 0. The minimum absolute atomic E-state index is 0.105. The fourth-order valence-corrected chi connectivity index (χ4v) is 2.92. The van der Waals surface area contributed by atoms with Crippen LogP contribution in [0.15, 0.2) is 24.3 Å². The van der Waals surface area contributed by atoms with Crippen LogP contribution in [0.4, 0.5) is 0 Å². The summed E-state index contributed by atoms with van der Waals surface area (Å²) in [5.74, 6) is -0.977. The zero-order chi connectivity index (χ0) is 20.4. The van der Waals surface area contributed by atoms with Crippen molar-refractivity contribution in [3.05, 3.63) is 35.4 Å². The lowest BCUT2D eigenvalue weighted by atomic mass is 10.1. The number of benzene rings is 1. The van der Waals surface area contributed by atoms with Crippen molar-refractivity contribution in [2.45, 2.75) is 32.2 Å². The van der Waals surface area contributed by atoms with Crippen molar-refractivity contribution in [2.24, 2.45) is 0 Å². The fraction of sp³-hybridized carbons (Fsp3) is 0.450. The van der Waals surface area contributed by atoms with E-state index in [2.05, 4.69) is 0 Å². The Morgan fingerprint density at radius 2 is 1.89 bits per heavy atom. The van der Waals surface area contributed by atoms with Crippen molar-refractivity contribution in [3.63, 3.8) is 0 Å². The van der Waals surface area contributed by atoms with Crippen molar-refractivity contribution in [3.8, 4) is 12.1 Å². The summed E-state index contributed by atoms with van der Waals surface area (Å²) in [6, 6.07) is 10.7. The number of nitriles is 2. The molecule has 1 fully saturated rings. The molecule has 0 radical (unpaired) electrons. The number of likely N-dealkylation sites (tertiary alicyclic amines) is 1. The van der Waals surface area contributed by atoms with Gasteiger partial charge >= 0.3 is 5.97 Å². The molecule has 1 saturated heterocycles. The van der Waals surface area contributed by atoms with Crippen LogP contribution in [0.2, 0.25) is 0 Å². The predicted molar refractivity (Wildman–Crippen MR) is 98.4 cm³/mol. The molecule has 1 aliphatic rings. The summed E-state index contributed by atoms with van der Waals surface area (Å²) in [5, 5.41) is 17.3. The van der Waals surface area contributed by atoms with Crippen molar-refractivity contribution in [2.75, 3.05) is 26.2 Å². The number of esters is 1. The summed E-state index contributed by atoms with van der Waals surface area (Å²) < 4.78 is 5.10. The first kappa shape index (κ1) is 20.9. The number of carbonyl (C=O) groups excluding carboxylic acids is 3. The average molecular weight is 382 g/mol. The SMILES string of the molecule is N#CCCN(CCC#N)C(=O)COC(=O)c1cccc(CN2CCCC2=O)c1. The van der Waals surface area contributed by atoms with Gasteiger partial charge in [0, 0.05) is 32.6 Å². The lowest BCUT2D eigenvalue weighted by Gasteiger charge is -2.20. The standard InChI is InChI=1S/C20H22N4O4/c21-8-3-11-23(12-4-9-22)19(26)15-28-20(27)17-6-1-5-16(13-17)14-24-10-2-7-18(24)25/h1,5-6,13H,2-4,7,10-12,14-15H2. The van der Waals surface area contributed by atoms with Gasteiger partial charge in [0.15, 0.2) is 6.61 Å². The Morgan fingerprint density at radius 3 is 2.50 bits per heavy atom. The van der Waals surface area contributed by atoms with Gasteiger partial charge in [-0.1, -0.05) is 12.1 Å². The van der Waals surface area contributed by atoms with E-state index in [0.717, 1.165) is 12.0 Å². The van der Waals surface area contributed by atoms with Crippen molar-refractivity contribution in [1.29, 1.82) is 10.5 Å². The Kier molecular flexibility index (Phi) is 7.98. The Morgan fingerprint density at radius 1 is 1.18 bits per heavy atom. The smallest absolute Gasteiger partial charge is 0.338 e. The molecule has 0 bridgehead atoms. The second-order valence-corrected chi connectivity index (χ2v) is 6.39. The maximum atomic E-state index is 12.3. The quantitative estimate of drug-likeness (QED) is 0.600. The Bertz CT molecular complexity index is 791. The lowest BCUT2D eigenvalue weighted by Crippen LogP contribution is -2.36. The molecule has 0 N–H and O–H groups in total. The average Bonchev–Trinajstić information content (AvgIpc) is 3.10. The monoisotopic (exact) mass is 382 g/mol. The van der Waals surface area contributed by atoms with Gasteiger partial charge in [-0.2, -0.15) is 10.5 Å². The Labute approximate surface area is 163 Å². The largest absolute Gasteiger partial charge is 0.452 e.